The number of carboxylic acid groups (broad SMARTS) is 2. The molecule has 5 rings (SSSR count). The minimum Gasteiger partial charge on any atom is -0.478 e. The number of anilines is 2. The van der Waals surface area contributed by atoms with E-state index in [-0.39, 0.29) is 11.1 Å². The maximum absolute atomic E-state index is 11.1. The number of nitrogens with zero attached hydrogens (tertiary/aromatic N) is 2. The van der Waals surface area contributed by atoms with Gasteiger partial charge in [-0.15, -0.1) is 0 Å². The molecule has 0 amide bonds. The largest absolute Gasteiger partial charge is 0.478 e. The molecular weight excluding hydrogens is 522 g/mol. The van der Waals surface area contributed by atoms with Crippen molar-refractivity contribution in [1.82, 2.24) is 4.98 Å². The molecule has 0 aliphatic heterocycles. The van der Waals surface area contributed by atoms with Crippen molar-refractivity contribution in [2.45, 2.75) is 0 Å². The fourth-order valence-electron chi connectivity index (χ4n) is 4.41. The molecule has 5 aromatic rings. The number of H-pyrrole nitrogens is 1. The zero-order valence-corrected chi connectivity index (χ0v) is 21.7. The molecule has 1 heterocycles. The summed E-state index contributed by atoms with van der Waals surface area (Å²) in [5.41, 5.74) is 18.3. The van der Waals surface area contributed by atoms with Crippen molar-refractivity contribution in [3.8, 4) is 0 Å². The first kappa shape index (κ1) is 26.8. The number of benzene rings is 4. The summed E-state index contributed by atoms with van der Waals surface area (Å²) in [5.74, 6) is 10.3. The van der Waals surface area contributed by atoms with Crippen molar-refractivity contribution < 1.29 is 19.8 Å². The lowest BCUT2D eigenvalue weighted by Gasteiger charge is -2.15. The molecule has 0 unspecified atom stereocenters. The molecule has 0 radical (unpaired) electrons. The van der Waals surface area contributed by atoms with Gasteiger partial charge in [0.25, 0.3) is 0 Å². The summed E-state index contributed by atoms with van der Waals surface area (Å²) in [4.78, 5) is 25.6. The fraction of sp³-hybridized carbons (Fsp3) is 0. The van der Waals surface area contributed by atoms with Crippen LogP contribution in [0, 0.1) is 0 Å². The van der Waals surface area contributed by atoms with E-state index in [4.69, 9.17) is 33.4 Å². The number of aromatic carboxylic acids is 2. The topological polar surface area (TPSA) is 201 Å². The van der Waals surface area contributed by atoms with E-state index in [1.165, 1.54) is 34.3 Å². The number of aromatic amines is 1. The van der Waals surface area contributed by atoms with E-state index in [2.05, 4.69) is 4.98 Å². The Balaban J connectivity index is 1.43. The number of carboxylic acids is 2. The van der Waals surface area contributed by atoms with Crippen LogP contribution in [-0.2, 0) is 0 Å². The van der Waals surface area contributed by atoms with Gasteiger partial charge in [0.1, 0.15) is 0 Å². The molecule has 0 saturated heterocycles. The molecule has 11 nitrogen and oxygen atoms in total. The van der Waals surface area contributed by atoms with Gasteiger partial charge in [-0.3, -0.25) is 10.0 Å². The van der Waals surface area contributed by atoms with Crippen molar-refractivity contribution in [1.29, 1.82) is 0 Å². The first-order chi connectivity index (χ1) is 19.6. The van der Waals surface area contributed by atoms with Gasteiger partial charge in [-0.1, -0.05) is 12.1 Å². The molecule has 1 aromatic heterocycles. The number of fused-ring (bicyclic) bond motifs is 3. The van der Waals surface area contributed by atoms with E-state index < -0.39 is 11.9 Å². The monoisotopic (exact) mass is 549 g/mol. The Morgan fingerprint density at radius 3 is 1.27 bits per heavy atom. The van der Waals surface area contributed by atoms with E-state index in [0.29, 0.717) is 22.8 Å². The van der Waals surface area contributed by atoms with Gasteiger partial charge in [0.05, 0.1) is 33.9 Å². The summed E-state index contributed by atoms with van der Waals surface area (Å²) in [5, 5.41) is 22.7. The number of carbonyl (C=O) groups is 2. The Morgan fingerprint density at radius 1 is 0.585 bits per heavy atom. The van der Waals surface area contributed by atoms with Crippen LogP contribution in [0.5, 0.6) is 0 Å². The Kier molecular flexibility index (Phi) is 7.04. The van der Waals surface area contributed by atoms with Gasteiger partial charge in [-0.2, -0.15) is 0 Å². The molecule has 0 spiro atoms. The zero-order valence-electron chi connectivity index (χ0n) is 21.7. The first-order valence-electron chi connectivity index (χ1n) is 12.4. The van der Waals surface area contributed by atoms with Gasteiger partial charge >= 0.3 is 11.9 Å². The van der Waals surface area contributed by atoms with Crippen LogP contribution in [0.4, 0.5) is 11.4 Å². The molecule has 0 atom stereocenters. The smallest absolute Gasteiger partial charge is 0.335 e. The number of hydrogen-bond donors (Lipinski definition) is 7. The van der Waals surface area contributed by atoms with Crippen molar-refractivity contribution in [2.75, 3.05) is 10.0 Å². The lowest BCUT2D eigenvalue weighted by molar-refractivity contribution is 0.0686. The molecule has 0 bridgehead atoms. The number of aromatic nitrogens is 1. The molecule has 41 heavy (non-hydrogen) atoms. The summed E-state index contributed by atoms with van der Waals surface area (Å²) >= 11 is 0. The zero-order chi connectivity index (χ0) is 29.3. The van der Waals surface area contributed by atoms with Gasteiger partial charge in [0, 0.05) is 34.2 Å². The molecule has 206 valence electrons. The van der Waals surface area contributed by atoms with Gasteiger partial charge in [0.15, 0.2) is 0 Å². The number of rotatable bonds is 8. The summed E-state index contributed by atoms with van der Waals surface area (Å²) in [7, 11) is 0. The number of hydrazine groups is 2. The Labute approximate surface area is 234 Å². The molecule has 4 aromatic carbocycles. The lowest BCUT2D eigenvalue weighted by Crippen LogP contribution is -2.25. The van der Waals surface area contributed by atoms with E-state index >= 15 is 0 Å². The van der Waals surface area contributed by atoms with Crippen molar-refractivity contribution in [3.05, 3.63) is 120 Å². The van der Waals surface area contributed by atoms with Crippen LogP contribution in [0.2, 0.25) is 0 Å². The second kappa shape index (κ2) is 10.8. The molecule has 0 aliphatic carbocycles. The highest BCUT2D eigenvalue weighted by Gasteiger charge is 2.11. The first-order valence-corrected chi connectivity index (χ1v) is 12.4. The molecule has 11 heteroatoms. The number of hydrogen-bond acceptors (Lipinski definition) is 8. The highest BCUT2D eigenvalue weighted by atomic mass is 16.4. The molecule has 0 fully saturated rings. The number of nitrogens with one attached hydrogen (secondary N) is 1. The molecular formula is C30H27N7O4. The number of nitrogens with two attached hydrogens (primary N) is 4. The average Bonchev–Trinajstić information content (AvgIpc) is 3.34. The van der Waals surface area contributed by atoms with Crippen LogP contribution in [0.3, 0.4) is 0 Å². The summed E-state index contributed by atoms with van der Waals surface area (Å²) in [6.45, 7) is 0. The third-order valence-electron chi connectivity index (χ3n) is 6.65. The molecule has 0 aliphatic rings. The van der Waals surface area contributed by atoms with Crippen LogP contribution in [0.15, 0.2) is 97.3 Å². The van der Waals surface area contributed by atoms with E-state index in [0.717, 1.165) is 32.9 Å². The fourth-order valence-corrected chi connectivity index (χ4v) is 4.41. The lowest BCUT2D eigenvalue weighted by atomic mass is 10.0. The Hall–Kier alpha value is -5.78. The van der Waals surface area contributed by atoms with Crippen LogP contribution in [-0.4, -0.2) is 27.1 Å². The van der Waals surface area contributed by atoms with Crippen LogP contribution in [0.1, 0.15) is 31.8 Å². The van der Waals surface area contributed by atoms with Gasteiger partial charge in [0.2, 0.25) is 0 Å². The summed E-state index contributed by atoms with van der Waals surface area (Å²) < 4.78 is 0. The van der Waals surface area contributed by atoms with Crippen LogP contribution < -0.4 is 33.2 Å². The third kappa shape index (κ3) is 5.52. The quantitative estimate of drug-likeness (QED) is 0.110. The predicted molar refractivity (Wildman–Crippen MR) is 160 cm³/mol. The van der Waals surface area contributed by atoms with Crippen LogP contribution >= 0.6 is 0 Å². The third-order valence-corrected chi connectivity index (χ3v) is 6.65. The molecule has 0 saturated carbocycles. The maximum atomic E-state index is 11.1. The average molecular weight is 550 g/mol. The van der Waals surface area contributed by atoms with Gasteiger partial charge < -0.3 is 26.7 Å². The normalized spacial score (nSPS) is 12.0. The summed E-state index contributed by atoms with van der Waals surface area (Å²) in [6.07, 6.45) is 3.13. The van der Waals surface area contributed by atoms with Gasteiger partial charge in [-0.05, 0) is 83.9 Å². The highest BCUT2D eigenvalue weighted by Crippen LogP contribution is 2.30. The van der Waals surface area contributed by atoms with Crippen molar-refractivity contribution >= 4 is 56.5 Å². The maximum Gasteiger partial charge on any atom is 0.335 e. The second-order valence-electron chi connectivity index (χ2n) is 9.33. The predicted octanol–water partition coefficient (Wildman–Crippen LogP) is 3.99. The highest BCUT2D eigenvalue weighted by molar-refractivity contribution is 6.09. The van der Waals surface area contributed by atoms with E-state index in [1.807, 2.05) is 36.4 Å². The minimum atomic E-state index is -1.02. The Morgan fingerprint density at radius 2 is 0.927 bits per heavy atom. The van der Waals surface area contributed by atoms with E-state index in [9.17, 15) is 9.59 Å². The summed E-state index contributed by atoms with van der Waals surface area (Å²) in [6, 6.07) is 23.8. The molecule has 11 N–H and O–H groups in total. The van der Waals surface area contributed by atoms with E-state index in [1.54, 1.807) is 36.7 Å². The van der Waals surface area contributed by atoms with Crippen molar-refractivity contribution in [3.63, 3.8) is 0 Å². The second-order valence-corrected chi connectivity index (χ2v) is 9.33. The van der Waals surface area contributed by atoms with Crippen LogP contribution in [0.25, 0.3) is 33.2 Å². The SMILES string of the molecule is N/C(=C\N(N)c1ccc(C(=O)O)cc1)c1ccc2[nH]c3ccc(/C(N)=C/N(N)c4ccc(C(=O)O)cc4)cc3c2c1. The van der Waals surface area contributed by atoms with Gasteiger partial charge in [-0.25, -0.2) is 21.3 Å². The minimum absolute atomic E-state index is 0.160. The standard InChI is InChI=1S/C30H27N7O4/c31-25(15-36(33)21-7-1-17(2-8-21)29(38)39)19-5-11-27-23(13-19)24-14-20(6-12-28(24)35-27)26(32)16-37(34)22-9-3-18(4-10-22)30(40)41/h1-16,35H,31-34H2,(H,38,39)(H,40,41)/b25-15-,26-16-. The van der Waals surface area contributed by atoms with Crippen molar-refractivity contribution in [2.24, 2.45) is 23.2 Å². The Bertz CT molecular complexity index is 1710.